The standard InChI is InChI=1S/C24H30F3N7S/c1-23-10-13-34(18-8-5-4-7-17(18)24(25,26)27)20(23)15-33(16-23)12-6-14-35-22-30-29-21(31(22)2)19-9-11-28-32(19)3/h4-5,7-9,11,20H,6,10,12-16H2,1-3H3/t20-,23+/m0/s1. The molecule has 2 aliphatic rings. The molecule has 2 fully saturated rings. The monoisotopic (exact) mass is 505 g/mol. The lowest BCUT2D eigenvalue weighted by molar-refractivity contribution is -0.137. The first-order chi connectivity index (χ1) is 16.7. The van der Waals surface area contributed by atoms with E-state index in [0.717, 1.165) is 54.9 Å². The van der Waals surface area contributed by atoms with Crippen LogP contribution in [0.3, 0.4) is 0 Å². The van der Waals surface area contributed by atoms with E-state index in [9.17, 15) is 13.2 Å². The smallest absolute Gasteiger partial charge is 0.366 e. The number of benzene rings is 1. The van der Waals surface area contributed by atoms with Gasteiger partial charge in [-0.25, -0.2) is 0 Å². The van der Waals surface area contributed by atoms with Crippen LogP contribution in [0.4, 0.5) is 18.9 Å². The Labute approximate surface area is 207 Å². The van der Waals surface area contributed by atoms with Crippen molar-refractivity contribution in [1.29, 1.82) is 0 Å². The van der Waals surface area contributed by atoms with Crippen LogP contribution in [0.1, 0.15) is 25.3 Å². The molecule has 3 aromatic rings. The molecule has 2 saturated heterocycles. The molecule has 0 amide bonds. The molecule has 2 aliphatic heterocycles. The Morgan fingerprint density at radius 2 is 1.94 bits per heavy atom. The summed E-state index contributed by atoms with van der Waals surface area (Å²) in [5, 5.41) is 13.7. The highest BCUT2D eigenvalue weighted by Gasteiger charge is 2.51. The summed E-state index contributed by atoms with van der Waals surface area (Å²) in [6, 6.07) is 8.00. The molecule has 4 heterocycles. The Kier molecular flexibility index (Phi) is 6.33. The molecule has 0 bridgehead atoms. The average Bonchev–Trinajstić information content (AvgIpc) is 3.54. The van der Waals surface area contributed by atoms with Crippen molar-refractivity contribution in [3.8, 4) is 11.5 Å². The highest BCUT2D eigenvalue weighted by Crippen LogP contribution is 2.47. The van der Waals surface area contributed by atoms with Gasteiger partial charge in [0.2, 0.25) is 0 Å². The highest BCUT2D eigenvalue weighted by atomic mass is 32.2. The van der Waals surface area contributed by atoms with Crippen molar-refractivity contribution in [1.82, 2.24) is 29.4 Å². The number of hydrogen-bond donors (Lipinski definition) is 0. The maximum absolute atomic E-state index is 13.6. The van der Waals surface area contributed by atoms with Crippen molar-refractivity contribution in [2.75, 3.05) is 36.8 Å². The van der Waals surface area contributed by atoms with Gasteiger partial charge in [0, 0.05) is 62.8 Å². The first-order valence-corrected chi connectivity index (χ1v) is 12.8. The number of rotatable bonds is 7. The second kappa shape index (κ2) is 9.16. The minimum absolute atomic E-state index is 0.00739. The number of aryl methyl sites for hydroxylation is 1. The summed E-state index contributed by atoms with van der Waals surface area (Å²) < 4.78 is 44.7. The van der Waals surface area contributed by atoms with Gasteiger partial charge >= 0.3 is 6.18 Å². The molecular formula is C24H30F3N7S. The van der Waals surface area contributed by atoms with Gasteiger partial charge in [-0.3, -0.25) is 4.68 Å². The van der Waals surface area contributed by atoms with E-state index >= 15 is 0 Å². The first kappa shape index (κ1) is 24.2. The summed E-state index contributed by atoms with van der Waals surface area (Å²) >= 11 is 1.67. The van der Waals surface area contributed by atoms with Gasteiger partial charge in [0.15, 0.2) is 11.0 Å². The normalized spacial score (nSPS) is 22.8. The fraction of sp³-hybridized carbons (Fsp3) is 0.542. The number of para-hydroxylation sites is 1. The van der Waals surface area contributed by atoms with Gasteiger partial charge in [-0.15, -0.1) is 10.2 Å². The Morgan fingerprint density at radius 1 is 1.14 bits per heavy atom. The SMILES string of the molecule is Cn1nccc1-c1nnc(SCCCN2C[C@@H]3N(c4ccccc4C(F)(F)F)CC[C@]3(C)C2)n1C. The third-order valence-corrected chi connectivity index (χ3v) is 8.48. The van der Waals surface area contributed by atoms with Crippen LogP contribution in [-0.4, -0.2) is 67.4 Å². The third-order valence-electron chi connectivity index (χ3n) is 7.37. The van der Waals surface area contributed by atoms with E-state index in [1.165, 1.54) is 12.1 Å². The largest absolute Gasteiger partial charge is 0.418 e. The summed E-state index contributed by atoms with van der Waals surface area (Å²) in [6.45, 7) is 5.52. The number of likely N-dealkylation sites (tertiary alicyclic amines) is 1. The maximum Gasteiger partial charge on any atom is 0.418 e. The Hall–Kier alpha value is -2.53. The number of fused-ring (bicyclic) bond motifs is 1. The molecular weight excluding hydrogens is 475 g/mol. The number of halogens is 3. The summed E-state index contributed by atoms with van der Waals surface area (Å²) in [5.74, 6) is 1.68. The van der Waals surface area contributed by atoms with Gasteiger partial charge in [-0.1, -0.05) is 30.8 Å². The summed E-state index contributed by atoms with van der Waals surface area (Å²) in [6.07, 6.45) is -0.724. The van der Waals surface area contributed by atoms with Crippen LogP contribution >= 0.6 is 11.8 Å². The molecule has 0 aliphatic carbocycles. The fourth-order valence-electron chi connectivity index (χ4n) is 5.53. The van der Waals surface area contributed by atoms with E-state index in [1.807, 2.05) is 29.6 Å². The van der Waals surface area contributed by atoms with Crippen molar-refractivity contribution in [3.63, 3.8) is 0 Å². The van der Waals surface area contributed by atoms with Crippen LogP contribution in [0.5, 0.6) is 0 Å². The lowest BCUT2D eigenvalue weighted by Gasteiger charge is -2.31. The minimum atomic E-state index is -4.35. The zero-order valence-corrected chi connectivity index (χ0v) is 21.0. The zero-order valence-electron chi connectivity index (χ0n) is 20.2. The highest BCUT2D eigenvalue weighted by molar-refractivity contribution is 7.99. The second-order valence-electron chi connectivity index (χ2n) is 9.77. The first-order valence-electron chi connectivity index (χ1n) is 11.8. The minimum Gasteiger partial charge on any atom is -0.366 e. The van der Waals surface area contributed by atoms with Gasteiger partial charge in [0.25, 0.3) is 0 Å². The van der Waals surface area contributed by atoms with Crippen LogP contribution in [0.2, 0.25) is 0 Å². The number of alkyl halides is 3. The van der Waals surface area contributed by atoms with E-state index < -0.39 is 11.7 Å². The molecule has 2 aromatic heterocycles. The van der Waals surface area contributed by atoms with E-state index in [4.69, 9.17) is 0 Å². The molecule has 11 heteroatoms. The van der Waals surface area contributed by atoms with Crippen LogP contribution < -0.4 is 4.90 Å². The van der Waals surface area contributed by atoms with E-state index in [2.05, 4.69) is 27.1 Å². The summed E-state index contributed by atoms with van der Waals surface area (Å²) in [5.41, 5.74) is 0.708. The fourth-order valence-corrected chi connectivity index (χ4v) is 6.36. The van der Waals surface area contributed by atoms with Crippen molar-refractivity contribution in [2.24, 2.45) is 19.5 Å². The molecule has 35 heavy (non-hydrogen) atoms. The Balaban J connectivity index is 1.18. The van der Waals surface area contributed by atoms with Gasteiger partial charge in [-0.2, -0.15) is 18.3 Å². The molecule has 0 unspecified atom stereocenters. The van der Waals surface area contributed by atoms with E-state index in [-0.39, 0.29) is 11.5 Å². The lowest BCUT2D eigenvalue weighted by atomic mass is 9.85. The van der Waals surface area contributed by atoms with E-state index in [1.54, 1.807) is 34.8 Å². The van der Waals surface area contributed by atoms with Gasteiger partial charge < -0.3 is 14.4 Å². The van der Waals surface area contributed by atoms with Crippen molar-refractivity contribution in [3.05, 3.63) is 42.1 Å². The molecule has 0 N–H and O–H groups in total. The molecule has 0 saturated carbocycles. The van der Waals surface area contributed by atoms with Gasteiger partial charge in [0.1, 0.15) is 5.69 Å². The lowest BCUT2D eigenvalue weighted by Crippen LogP contribution is -2.38. The molecule has 0 radical (unpaired) electrons. The average molecular weight is 506 g/mol. The molecule has 5 rings (SSSR count). The second-order valence-corrected chi connectivity index (χ2v) is 10.8. The van der Waals surface area contributed by atoms with E-state index in [0.29, 0.717) is 12.2 Å². The van der Waals surface area contributed by atoms with Crippen LogP contribution in [-0.2, 0) is 20.3 Å². The quantitative estimate of drug-likeness (QED) is 0.352. The number of thioether (sulfide) groups is 1. The van der Waals surface area contributed by atoms with Crippen LogP contribution in [0.15, 0.2) is 41.7 Å². The molecule has 0 spiro atoms. The summed E-state index contributed by atoms with van der Waals surface area (Å²) in [4.78, 5) is 4.41. The number of hydrogen-bond acceptors (Lipinski definition) is 6. The third kappa shape index (κ3) is 4.55. The number of nitrogens with zero attached hydrogens (tertiary/aromatic N) is 7. The van der Waals surface area contributed by atoms with Gasteiger partial charge in [0.05, 0.1) is 5.56 Å². The van der Waals surface area contributed by atoms with Crippen LogP contribution in [0, 0.1) is 5.41 Å². The summed E-state index contributed by atoms with van der Waals surface area (Å²) in [7, 11) is 3.84. The molecule has 188 valence electrons. The molecule has 1 aromatic carbocycles. The predicted molar refractivity (Wildman–Crippen MR) is 130 cm³/mol. The van der Waals surface area contributed by atoms with Crippen molar-refractivity contribution >= 4 is 17.4 Å². The number of aromatic nitrogens is 5. The van der Waals surface area contributed by atoms with Crippen molar-refractivity contribution < 1.29 is 13.2 Å². The Morgan fingerprint density at radius 3 is 2.69 bits per heavy atom. The predicted octanol–water partition coefficient (Wildman–Crippen LogP) is 4.32. The van der Waals surface area contributed by atoms with Crippen LogP contribution in [0.25, 0.3) is 11.5 Å². The Bertz CT molecular complexity index is 1190. The topological polar surface area (TPSA) is 55.0 Å². The zero-order chi connectivity index (χ0) is 24.8. The molecule has 2 atom stereocenters. The molecule has 7 nitrogen and oxygen atoms in total. The maximum atomic E-state index is 13.6. The number of anilines is 1. The van der Waals surface area contributed by atoms with Gasteiger partial charge in [-0.05, 0) is 37.6 Å². The van der Waals surface area contributed by atoms with Crippen molar-refractivity contribution in [2.45, 2.75) is 37.1 Å².